The normalized spacial score (nSPS) is 10.7. The first kappa shape index (κ1) is 12.2. The fraction of sp³-hybridized carbons (Fsp3) is 0.333. The highest BCUT2D eigenvalue weighted by atomic mass is 32.1. The number of methoxy groups -OCH3 is 1. The van der Waals surface area contributed by atoms with Crippen LogP contribution in [0.4, 0.5) is 0 Å². The van der Waals surface area contributed by atoms with E-state index >= 15 is 0 Å². The molecule has 0 saturated carbocycles. The van der Waals surface area contributed by atoms with Gasteiger partial charge in [-0.2, -0.15) is 0 Å². The van der Waals surface area contributed by atoms with E-state index < -0.39 is 0 Å². The van der Waals surface area contributed by atoms with Crippen LogP contribution in [0, 0.1) is 0 Å². The lowest BCUT2D eigenvalue weighted by Crippen LogP contribution is -2.06. The van der Waals surface area contributed by atoms with Gasteiger partial charge in [-0.1, -0.05) is 0 Å². The minimum atomic E-state index is 0.549. The van der Waals surface area contributed by atoms with Crippen LogP contribution in [-0.2, 0) is 17.9 Å². The first-order valence-electron chi connectivity index (χ1n) is 5.37. The molecule has 0 amide bonds. The van der Waals surface area contributed by atoms with Crippen LogP contribution in [0.25, 0.3) is 10.6 Å². The summed E-state index contributed by atoms with van der Waals surface area (Å²) in [4.78, 5) is 9.93. The molecule has 90 valence electrons. The van der Waals surface area contributed by atoms with E-state index in [2.05, 4.69) is 15.3 Å². The number of nitrogens with one attached hydrogen (secondary N) is 1. The van der Waals surface area contributed by atoms with Crippen molar-refractivity contribution < 1.29 is 4.74 Å². The first-order valence-corrected chi connectivity index (χ1v) is 6.19. The van der Waals surface area contributed by atoms with Crippen molar-refractivity contribution in [2.45, 2.75) is 13.2 Å². The van der Waals surface area contributed by atoms with Gasteiger partial charge < -0.3 is 10.1 Å². The molecular weight excluding hydrogens is 234 g/mol. The van der Waals surface area contributed by atoms with E-state index in [1.807, 2.05) is 25.4 Å². The second-order valence-corrected chi connectivity index (χ2v) is 4.68. The molecule has 0 bridgehead atoms. The molecule has 0 spiro atoms. The van der Waals surface area contributed by atoms with Gasteiger partial charge in [-0.05, 0) is 19.2 Å². The van der Waals surface area contributed by atoms with E-state index in [0.717, 1.165) is 22.8 Å². The van der Waals surface area contributed by atoms with Crippen LogP contribution in [0.2, 0.25) is 0 Å². The summed E-state index contributed by atoms with van der Waals surface area (Å²) in [6, 6.07) is 3.94. The SMILES string of the molecule is CNCc1sc(-c2cccnc2)nc1COC. The van der Waals surface area contributed by atoms with Crippen LogP contribution in [0.3, 0.4) is 0 Å². The number of thiazole rings is 1. The predicted octanol–water partition coefficient (Wildman–Crippen LogP) is 2.07. The Hall–Kier alpha value is -1.30. The summed E-state index contributed by atoms with van der Waals surface area (Å²) in [5.41, 5.74) is 2.06. The monoisotopic (exact) mass is 249 g/mol. The van der Waals surface area contributed by atoms with Gasteiger partial charge >= 0.3 is 0 Å². The molecule has 2 aromatic heterocycles. The van der Waals surface area contributed by atoms with Crippen molar-refractivity contribution in [2.24, 2.45) is 0 Å². The van der Waals surface area contributed by atoms with Crippen LogP contribution in [-0.4, -0.2) is 24.1 Å². The Morgan fingerprint density at radius 2 is 2.35 bits per heavy atom. The summed E-state index contributed by atoms with van der Waals surface area (Å²) < 4.78 is 5.16. The van der Waals surface area contributed by atoms with Crippen LogP contribution < -0.4 is 5.32 Å². The Labute approximate surface area is 105 Å². The molecule has 5 heteroatoms. The molecular formula is C12H15N3OS. The van der Waals surface area contributed by atoms with Crippen molar-refractivity contribution in [3.8, 4) is 10.6 Å². The summed E-state index contributed by atoms with van der Waals surface area (Å²) in [6.07, 6.45) is 3.60. The molecule has 0 aliphatic carbocycles. The van der Waals surface area contributed by atoms with Crippen LogP contribution >= 0.6 is 11.3 Å². The van der Waals surface area contributed by atoms with Gasteiger partial charge in [0, 0.05) is 36.5 Å². The molecule has 2 aromatic rings. The summed E-state index contributed by atoms with van der Waals surface area (Å²) >= 11 is 1.68. The van der Waals surface area contributed by atoms with Crippen LogP contribution in [0.5, 0.6) is 0 Å². The lowest BCUT2D eigenvalue weighted by molar-refractivity contribution is 0.181. The summed E-state index contributed by atoms with van der Waals surface area (Å²) in [5, 5.41) is 4.14. The third-order valence-electron chi connectivity index (χ3n) is 2.31. The van der Waals surface area contributed by atoms with Crippen molar-refractivity contribution in [1.29, 1.82) is 0 Å². The molecule has 0 radical (unpaired) electrons. The molecule has 2 rings (SSSR count). The van der Waals surface area contributed by atoms with Gasteiger partial charge in [0.05, 0.1) is 12.3 Å². The van der Waals surface area contributed by atoms with Crippen molar-refractivity contribution in [3.63, 3.8) is 0 Å². The minimum absolute atomic E-state index is 0.549. The molecule has 0 aromatic carbocycles. The number of pyridine rings is 1. The summed E-state index contributed by atoms with van der Waals surface area (Å²) in [6.45, 7) is 1.37. The quantitative estimate of drug-likeness (QED) is 0.881. The third-order valence-corrected chi connectivity index (χ3v) is 3.45. The first-order chi connectivity index (χ1) is 8.35. The molecule has 0 aliphatic heterocycles. The van der Waals surface area contributed by atoms with Gasteiger partial charge in [-0.15, -0.1) is 11.3 Å². The zero-order valence-corrected chi connectivity index (χ0v) is 10.8. The molecule has 0 saturated heterocycles. The van der Waals surface area contributed by atoms with E-state index in [1.165, 1.54) is 4.88 Å². The molecule has 0 aliphatic rings. The Morgan fingerprint density at radius 1 is 1.47 bits per heavy atom. The van der Waals surface area contributed by atoms with Crippen molar-refractivity contribution in [3.05, 3.63) is 35.1 Å². The summed E-state index contributed by atoms with van der Waals surface area (Å²) in [7, 11) is 3.62. The maximum Gasteiger partial charge on any atom is 0.125 e. The highest BCUT2D eigenvalue weighted by Gasteiger charge is 2.11. The van der Waals surface area contributed by atoms with E-state index in [9.17, 15) is 0 Å². The molecule has 0 atom stereocenters. The summed E-state index contributed by atoms with van der Waals surface area (Å²) in [5.74, 6) is 0. The Balaban J connectivity index is 2.33. The second-order valence-electron chi connectivity index (χ2n) is 3.59. The maximum atomic E-state index is 5.16. The number of nitrogens with zero attached hydrogens (tertiary/aromatic N) is 2. The lowest BCUT2D eigenvalue weighted by atomic mass is 10.3. The largest absolute Gasteiger partial charge is 0.378 e. The number of hydrogen-bond donors (Lipinski definition) is 1. The molecule has 0 unspecified atom stereocenters. The lowest BCUT2D eigenvalue weighted by Gasteiger charge is -1.98. The highest BCUT2D eigenvalue weighted by Crippen LogP contribution is 2.27. The average molecular weight is 249 g/mol. The van der Waals surface area contributed by atoms with Gasteiger partial charge in [0.25, 0.3) is 0 Å². The van der Waals surface area contributed by atoms with E-state index in [-0.39, 0.29) is 0 Å². The molecule has 1 N–H and O–H groups in total. The number of ether oxygens (including phenoxy) is 1. The fourth-order valence-electron chi connectivity index (χ4n) is 1.54. The Morgan fingerprint density at radius 3 is 3.00 bits per heavy atom. The van der Waals surface area contributed by atoms with Gasteiger partial charge in [0.2, 0.25) is 0 Å². The van der Waals surface area contributed by atoms with E-state index in [0.29, 0.717) is 6.61 Å². The van der Waals surface area contributed by atoms with Crippen molar-refractivity contribution >= 4 is 11.3 Å². The second kappa shape index (κ2) is 5.86. The van der Waals surface area contributed by atoms with Crippen molar-refractivity contribution in [2.75, 3.05) is 14.2 Å². The fourth-order valence-corrected chi connectivity index (χ4v) is 2.61. The van der Waals surface area contributed by atoms with Crippen LogP contribution in [0.1, 0.15) is 10.6 Å². The standard InChI is InChI=1S/C12H15N3OS/c1-13-7-11-10(8-16-2)15-12(17-11)9-4-3-5-14-6-9/h3-6,13H,7-8H2,1-2H3. The Bertz CT molecular complexity index is 446. The van der Waals surface area contributed by atoms with E-state index in [4.69, 9.17) is 4.74 Å². The van der Waals surface area contributed by atoms with E-state index in [1.54, 1.807) is 24.6 Å². The van der Waals surface area contributed by atoms with Crippen LogP contribution in [0.15, 0.2) is 24.5 Å². The van der Waals surface area contributed by atoms with Gasteiger partial charge in [0.1, 0.15) is 5.01 Å². The van der Waals surface area contributed by atoms with Gasteiger partial charge in [-0.25, -0.2) is 4.98 Å². The smallest absolute Gasteiger partial charge is 0.125 e. The van der Waals surface area contributed by atoms with Crippen molar-refractivity contribution in [1.82, 2.24) is 15.3 Å². The molecule has 2 heterocycles. The Kier molecular flexibility index (Phi) is 4.19. The third kappa shape index (κ3) is 2.88. The van der Waals surface area contributed by atoms with Gasteiger partial charge in [0.15, 0.2) is 0 Å². The van der Waals surface area contributed by atoms with Gasteiger partial charge in [-0.3, -0.25) is 4.98 Å². The minimum Gasteiger partial charge on any atom is -0.378 e. The zero-order valence-electron chi connectivity index (χ0n) is 9.93. The predicted molar refractivity (Wildman–Crippen MR) is 68.8 cm³/mol. The number of hydrogen-bond acceptors (Lipinski definition) is 5. The zero-order chi connectivity index (χ0) is 12.1. The number of aromatic nitrogens is 2. The maximum absolute atomic E-state index is 5.16. The molecule has 0 fully saturated rings. The average Bonchev–Trinajstić information content (AvgIpc) is 2.75. The molecule has 17 heavy (non-hydrogen) atoms. The highest BCUT2D eigenvalue weighted by molar-refractivity contribution is 7.15. The molecule has 4 nitrogen and oxygen atoms in total. The topological polar surface area (TPSA) is 47.0 Å². The number of rotatable bonds is 5.